The van der Waals surface area contributed by atoms with Crippen LogP contribution in [0.3, 0.4) is 0 Å². The molecule has 0 atom stereocenters. The first kappa shape index (κ1) is 19.0. The summed E-state index contributed by atoms with van der Waals surface area (Å²) in [5, 5.41) is 13.6. The van der Waals surface area contributed by atoms with Gasteiger partial charge in [-0.15, -0.1) is 0 Å². The number of rotatable bonds is 7. The van der Waals surface area contributed by atoms with Crippen LogP contribution in [0, 0.1) is 0 Å². The van der Waals surface area contributed by atoms with E-state index in [1.807, 2.05) is 54.6 Å². The number of hydrogen-bond donors (Lipinski definition) is 2. The summed E-state index contributed by atoms with van der Waals surface area (Å²) in [7, 11) is 1.47. The molecule has 142 valence electrons. The molecule has 0 spiro atoms. The van der Waals surface area contributed by atoms with Gasteiger partial charge in [0.2, 0.25) is 0 Å². The average molecular weight is 376 g/mol. The van der Waals surface area contributed by atoms with Crippen molar-refractivity contribution in [3.63, 3.8) is 0 Å². The van der Waals surface area contributed by atoms with Crippen LogP contribution in [0.2, 0.25) is 0 Å². The van der Waals surface area contributed by atoms with Gasteiger partial charge in [0.1, 0.15) is 5.75 Å². The Kier molecular flexibility index (Phi) is 6.25. The van der Waals surface area contributed by atoms with Crippen LogP contribution in [-0.2, 0) is 4.79 Å². The van der Waals surface area contributed by atoms with Crippen LogP contribution in [0.1, 0.15) is 5.56 Å². The van der Waals surface area contributed by atoms with E-state index in [0.717, 1.165) is 11.1 Å². The van der Waals surface area contributed by atoms with Gasteiger partial charge in [0.05, 0.1) is 13.3 Å². The summed E-state index contributed by atoms with van der Waals surface area (Å²) >= 11 is 0. The van der Waals surface area contributed by atoms with Gasteiger partial charge in [-0.1, -0.05) is 42.5 Å². The molecule has 0 heterocycles. The Morgan fingerprint density at radius 1 is 1.04 bits per heavy atom. The summed E-state index contributed by atoms with van der Waals surface area (Å²) in [4.78, 5) is 11.8. The van der Waals surface area contributed by atoms with Crippen LogP contribution < -0.4 is 14.9 Å². The Morgan fingerprint density at radius 2 is 1.75 bits per heavy atom. The van der Waals surface area contributed by atoms with Crippen LogP contribution in [-0.4, -0.2) is 30.9 Å². The number of phenols is 1. The molecule has 0 fully saturated rings. The van der Waals surface area contributed by atoms with Crippen LogP contribution in [0.4, 0.5) is 0 Å². The zero-order chi connectivity index (χ0) is 19.8. The zero-order valence-corrected chi connectivity index (χ0v) is 15.3. The number of benzene rings is 3. The third-order valence-electron chi connectivity index (χ3n) is 3.94. The van der Waals surface area contributed by atoms with E-state index >= 15 is 0 Å². The van der Waals surface area contributed by atoms with E-state index in [0.29, 0.717) is 17.1 Å². The van der Waals surface area contributed by atoms with E-state index in [4.69, 9.17) is 9.47 Å². The number of hydrogen-bond acceptors (Lipinski definition) is 5. The summed E-state index contributed by atoms with van der Waals surface area (Å²) in [6.07, 6.45) is 1.42. The van der Waals surface area contributed by atoms with E-state index < -0.39 is 0 Å². The molecular formula is C22H20N2O4. The van der Waals surface area contributed by atoms with Crippen molar-refractivity contribution in [2.45, 2.75) is 0 Å². The molecule has 0 aliphatic heterocycles. The molecule has 0 unspecified atom stereocenters. The second-order valence-corrected chi connectivity index (χ2v) is 5.90. The molecule has 2 N–H and O–H groups in total. The maximum Gasteiger partial charge on any atom is 0.277 e. The van der Waals surface area contributed by atoms with Crippen LogP contribution in [0.5, 0.6) is 17.2 Å². The van der Waals surface area contributed by atoms with E-state index in [2.05, 4.69) is 10.5 Å². The summed E-state index contributed by atoms with van der Waals surface area (Å²) < 4.78 is 10.4. The predicted octanol–water partition coefficient (Wildman–Crippen LogP) is 3.60. The largest absolute Gasteiger partial charge is 0.504 e. The van der Waals surface area contributed by atoms with Gasteiger partial charge in [-0.2, -0.15) is 5.10 Å². The highest BCUT2D eigenvalue weighted by molar-refractivity contribution is 5.83. The first-order valence-electron chi connectivity index (χ1n) is 8.63. The number of carbonyl (C=O) groups is 1. The molecule has 0 saturated heterocycles. The molecule has 3 aromatic rings. The third-order valence-corrected chi connectivity index (χ3v) is 3.94. The number of aromatic hydroxyl groups is 1. The molecule has 6 heteroatoms. The molecule has 1 amide bonds. The zero-order valence-electron chi connectivity index (χ0n) is 15.3. The summed E-state index contributed by atoms with van der Waals surface area (Å²) in [5.41, 5.74) is 5.19. The van der Waals surface area contributed by atoms with Gasteiger partial charge < -0.3 is 14.6 Å². The molecular weight excluding hydrogens is 356 g/mol. The predicted molar refractivity (Wildman–Crippen MR) is 108 cm³/mol. The first-order chi connectivity index (χ1) is 13.7. The van der Waals surface area contributed by atoms with Gasteiger partial charge in [-0.3, -0.25) is 4.79 Å². The molecule has 0 aliphatic carbocycles. The van der Waals surface area contributed by atoms with E-state index in [-0.39, 0.29) is 18.3 Å². The third kappa shape index (κ3) is 5.11. The van der Waals surface area contributed by atoms with E-state index in [9.17, 15) is 9.90 Å². The Labute approximate surface area is 163 Å². The van der Waals surface area contributed by atoms with E-state index in [1.54, 1.807) is 12.1 Å². The second-order valence-electron chi connectivity index (χ2n) is 5.90. The van der Waals surface area contributed by atoms with Crippen molar-refractivity contribution in [2.24, 2.45) is 5.10 Å². The Hall–Kier alpha value is -3.80. The fraction of sp³-hybridized carbons (Fsp3) is 0.0909. The number of methoxy groups -OCH3 is 1. The summed E-state index contributed by atoms with van der Waals surface area (Å²) in [6, 6.07) is 22.3. The minimum absolute atomic E-state index is 0.0000551. The van der Waals surface area contributed by atoms with Gasteiger partial charge in [0.15, 0.2) is 18.1 Å². The van der Waals surface area contributed by atoms with Crippen LogP contribution in [0.15, 0.2) is 77.9 Å². The fourth-order valence-corrected chi connectivity index (χ4v) is 2.52. The molecule has 28 heavy (non-hydrogen) atoms. The van der Waals surface area contributed by atoms with Crippen molar-refractivity contribution in [3.8, 4) is 28.4 Å². The lowest BCUT2D eigenvalue weighted by Gasteiger charge is -2.07. The first-order valence-corrected chi connectivity index (χ1v) is 8.63. The van der Waals surface area contributed by atoms with E-state index in [1.165, 1.54) is 19.4 Å². The minimum Gasteiger partial charge on any atom is -0.504 e. The monoisotopic (exact) mass is 376 g/mol. The number of nitrogens with one attached hydrogen (secondary N) is 1. The van der Waals surface area contributed by atoms with Crippen molar-refractivity contribution in [3.05, 3.63) is 78.4 Å². The van der Waals surface area contributed by atoms with Crippen LogP contribution in [0.25, 0.3) is 11.1 Å². The SMILES string of the molecule is COc1ccc(C=NNC(=O)COc2ccc(-c3ccccc3)cc2)cc1O. The molecule has 3 aromatic carbocycles. The smallest absolute Gasteiger partial charge is 0.277 e. The number of carbonyl (C=O) groups excluding carboxylic acids is 1. The molecule has 0 aliphatic rings. The van der Waals surface area contributed by atoms with Crippen LogP contribution >= 0.6 is 0 Å². The quantitative estimate of drug-likeness (QED) is 0.488. The van der Waals surface area contributed by atoms with Crippen molar-refractivity contribution in [1.29, 1.82) is 0 Å². The fourth-order valence-electron chi connectivity index (χ4n) is 2.52. The highest BCUT2D eigenvalue weighted by Crippen LogP contribution is 2.25. The highest BCUT2D eigenvalue weighted by Gasteiger charge is 2.03. The lowest BCUT2D eigenvalue weighted by atomic mass is 10.1. The number of nitrogens with zero attached hydrogens (tertiary/aromatic N) is 1. The van der Waals surface area contributed by atoms with Crippen molar-refractivity contribution in [1.82, 2.24) is 5.43 Å². The highest BCUT2D eigenvalue weighted by atomic mass is 16.5. The second kappa shape index (κ2) is 9.23. The normalized spacial score (nSPS) is 10.6. The van der Waals surface area contributed by atoms with Crippen molar-refractivity contribution < 1.29 is 19.4 Å². The summed E-state index contributed by atoms with van der Waals surface area (Å²) in [6.45, 7) is -0.157. The Bertz CT molecular complexity index is 954. The van der Waals surface area contributed by atoms with Crippen molar-refractivity contribution >= 4 is 12.1 Å². The maximum atomic E-state index is 11.8. The topological polar surface area (TPSA) is 80.2 Å². The average Bonchev–Trinajstić information content (AvgIpc) is 2.73. The summed E-state index contributed by atoms with van der Waals surface area (Å²) in [5.74, 6) is 0.577. The van der Waals surface area contributed by atoms with Gasteiger partial charge in [-0.05, 0) is 47.0 Å². The molecule has 0 radical (unpaired) electrons. The lowest BCUT2D eigenvalue weighted by molar-refractivity contribution is -0.123. The molecule has 6 nitrogen and oxygen atoms in total. The number of phenolic OH excluding ortho intramolecular Hbond substituents is 1. The standard InChI is InChI=1S/C22H20N2O4/c1-27-21-12-7-16(13-20(21)25)14-23-24-22(26)15-28-19-10-8-18(9-11-19)17-5-3-2-4-6-17/h2-14,25H,15H2,1H3,(H,24,26). The minimum atomic E-state index is -0.388. The Balaban J connectivity index is 1.48. The number of hydrazone groups is 1. The Morgan fingerprint density at radius 3 is 2.43 bits per heavy atom. The number of amides is 1. The maximum absolute atomic E-state index is 11.8. The molecule has 3 rings (SSSR count). The molecule has 0 aromatic heterocycles. The molecule has 0 saturated carbocycles. The van der Waals surface area contributed by atoms with Gasteiger partial charge in [-0.25, -0.2) is 5.43 Å². The molecule has 0 bridgehead atoms. The lowest BCUT2D eigenvalue weighted by Crippen LogP contribution is -2.24. The number of ether oxygens (including phenoxy) is 2. The van der Waals surface area contributed by atoms with Gasteiger partial charge >= 0.3 is 0 Å². The van der Waals surface area contributed by atoms with Gasteiger partial charge in [0.25, 0.3) is 5.91 Å². The van der Waals surface area contributed by atoms with Crippen molar-refractivity contribution in [2.75, 3.05) is 13.7 Å². The van der Waals surface area contributed by atoms with Gasteiger partial charge in [0, 0.05) is 0 Å².